The summed E-state index contributed by atoms with van der Waals surface area (Å²) in [4.78, 5) is 29.3. The maximum Gasteiger partial charge on any atom is 0.325 e. The Balaban J connectivity index is 2.16. The van der Waals surface area contributed by atoms with Gasteiger partial charge in [-0.25, -0.2) is 4.79 Å². The van der Waals surface area contributed by atoms with Crippen molar-refractivity contribution in [1.29, 1.82) is 0 Å². The highest BCUT2D eigenvalue weighted by atomic mass is 16.3. The highest BCUT2D eigenvalue weighted by Crippen LogP contribution is 2.18. The molecule has 0 amide bonds. The molecular weight excluding hydrogens is 238 g/mol. The molecule has 0 aromatic carbocycles. The van der Waals surface area contributed by atoms with Crippen molar-refractivity contribution in [3.63, 3.8) is 0 Å². The zero-order chi connectivity index (χ0) is 13.3. The molecule has 2 rings (SSSR count). The molecule has 1 saturated heterocycles. The molecule has 0 saturated carbocycles. The summed E-state index contributed by atoms with van der Waals surface area (Å²) in [5.41, 5.74) is 0.0948. The molecule has 2 unspecified atom stereocenters. The summed E-state index contributed by atoms with van der Waals surface area (Å²) >= 11 is 0. The van der Waals surface area contributed by atoms with Crippen molar-refractivity contribution in [1.82, 2.24) is 14.9 Å². The fourth-order valence-electron chi connectivity index (χ4n) is 2.23. The molecule has 0 bridgehead atoms. The molecule has 7 nitrogen and oxygen atoms in total. The summed E-state index contributed by atoms with van der Waals surface area (Å²) < 4.78 is 0. The number of hydrogen-bond acceptors (Lipinski definition) is 5. The van der Waals surface area contributed by atoms with Crippen LogP contribution in [0.4, 0.5) is 0 Å². The summed E-state index contributed by atoms with van der Waals surface area (Å²) in [6.45, 7) is 2.94. The van der Waals surface area contributed by atoms with Crippen molar-refractivity contribution in [2.75, 3.05) is 19.7 Å². The highest BCUT2D eigenvalue weighted by molar-refractivity contribution is 5.14. The lowest BCUT2D eigenvalue weighted by molar-refractivity contribution is 0.103. The van der Waals surface area contributed by atoms with Gasteiger partial charge in [0.15, 0.2) is 0 Å². The predicted octanol–water partition coefficient (Wildman–Crippen LogP) is -1.84. The van der Waals surface area contributed by atoms with E-state index in [-0.39, 0.29) is 12.5 Å². The normalized spacial score (nSPS) is 24.6. The van der Waals surface area contributed by atoms with Crippen LogP contribution in [0.1, 0.15) is 11.3 Å². The molecule has 1 fully saturated rings. The molecule has 18 heavy (non-hydrogen) atoms. The smallest absolute Gasteiger partial charge is 0.325 e. The number of aromatic amines is 2. The Morgan fingerprint density at radius 3 is 2.67 bits per heavy atom. The number of rotatable bonds is 3. The van der Waals surface area contributed by atoms with Gasteiger partial charge in [-0.2, -0.15) is 0 Å². The SMILES string of the molecule is Cc1c(CN2CC(O)C(CO)C2)[nH]c(=O)[nH]c1=O. The first-order chi connectivity index (χ1) is 8.51. The van der Waals surface area contributed by atoms with Gasteiger partial charge in [-0.3, -0.25) is 14.7 Å². The Morgan fingerprint density at radius 1 is 1.33 bits per heavy atom. The fourth-order valence-corrected chi connectivity index (χ4v) is 2.23. The Bertz CT molecular complexity index is 536. The van der Waals surface area contributed by atoms with Crippen LogP contribution in [0.15, 0.2) is 9.59 Å². The number of nitrogens with zero attached hydrogens (tertiary/aromatic N) is 1. The Kier molecular flexibility index (Phi) is 3.65. The van der Waals surface area contributed by atoms with Crippen LogP contribution in [-0.2, 0) is 6.54 Å². The average molecular weight is 255 g/mol. The number of H-pyrrole nitrogens is 2. The van der Waals surface area contributed by atoms with Gasteiger partial charge < -0.3 is 15.2 Å². The van der Waals surface area contributed by atoms with Crippen LogP contribution in [0, 0.1) is 12.8 Å². The number of nitrogens with one attached hydrogen (secondary N) is 2. The first-order valence-corrected chi connectivity index (χ1v) is 5.84. The molecule has 1 aliphatic heterocycles. The third-order valence-electron chi connectivity index (χ3n) is 3.38. The number of aliphatic hydroxyl groups is 2. The molecular formula is C11H17N3O4. The molecule has 0 spiro atoms. The number of aromatic nitrogens is 2. The van der Waals surface area contributed by atoms with Gasteiger partial charge in [0, 0.05) is 43.4 Å². The monoisotopic (exact) mass is 255 g/mol. The van der Waals surface area contributed by atoms with E-state index in [9.17, 15) is 14.7 Å². The second kappa shape index (κ2) is 5.05. The molecule has 2 atom stereocenters. The van der Waals surface area contributed by atoms with E-state index in [1.807, 2.05) is 4.90 Å². The minimum Gasteiger partial charge on any atom is -0.396 e. The van der Waals surface area contributed by atoms with Gasteiger partial charge >= 0.3 is 5.69 Å². The molecule has 100 valence electrons. The molecule has 0 aliphatic carbocycles. The van der Waals surface area contributed by atoms with E-state index in [2.05, 4.69) is 9.97 Å². The Labute approximate surface area is 103 Å². The molecule has 1 aromatic heterocycles. The Morgan fingerprint density at radius 2 is 2.06 bits per heavy atom. The maximum absolute atomic E-state index is 11.4. The van der Waals surface area contributed by atoms with Crippen molar-refractivity contribution in [3.8, 4) is 0 Å². The molecule has 0 radical (unpaired) electrons. The highest BCUT2D eigenvalue weighted by Gasteiger charge is 2.30. The van der Waals surface area contributed by atoms with Crippen LogP contribution < -0.4 is 11.2 Å². The third kappa shape index (κ3) is 2.53. The van der Waals surface area contributed by atoms with E-state index in [0.717, 1.165) is 0 Å². The van der Waals surface area contributed by atoms with Gasteiger partial charge in [0.1, 0.15) is 0 Å². The second-order valence-corrected chi connectivity index (χ2v) is 4.72. The van der Waals surface area contributed by atoms with Gasteiger partial charge in [-0.15, -0.1) is 0 Å². The van der Waals surface area contributed by atoms with Crippen molar-refractivity contribution in [2.45, 2.75) is 19.6 Å². The summed E-state index contributed by atoms with van der Waals surface area (Å²) in [5, 5.41) is 18.7. The first kappa shape index (κ1) is 13.0. The van der Waals surface area contributed by atoms with Gasteiger partial charge in [0.05, 0.1) is 6.10 Å². The number of β-amino-alcohol motifs (C(OH)–C–C–N with tert-alkyl or cyclic N) is 1. The maximum atomic E-state index is 11.4. The van der Waals surface area contributed by atoms with E-state index in [4.69, 9.17) is 5.11 Å². The lowest BCUT2D eigenvalue weighted by atomic mass is 10.1. The molecule has 2 heterocycles. The fraction of sp³-hybridized carbons (Fsp3) is 0.636. The average Bonchev–Trinajstić information content (AvgIpc) is 2.65. The zero-order valence-electron chi connectivity index (χ0n) is 10.1. The van der Waals surface area contributed by atoms with Crippen LogP contribution in [0.25, 0.3) is 0 Å². The molecule has 1 aromatic rings. The minimum absolute atomic E-state index is 0.0669. The van der Waals surface area contributed by atoms with Gasteiger partial charge in [-0.05, 0) is 6.92 Å². The molecule has 1 aliphatic rings. The first-order valence-electron chi connectivity index (χ1n) is 5.84. The standard InChI is InChI=1S/C11H17N3O4/c1-6-8(12-11(18)13-10(6)17)3-14-2-7(5-15)9(16)4-14/h7,9,15-16H,2-5H2,1H3,(H2,12,13,17,18). The van der Waals surface area contributed by atoms with E-state index >= 15 is 0 Å². The van der Waals surface area contributed by atoms with Gasteiger partial charge in [0.25, 0.3) is 5.56 Å². The van der Waals surface area contributed by atoms with Crippen LogP contribution in [0.2, 0.25) is 0 Å². The van der Waals surface area contributed by atoms with Crippen LogP contribution in [0.3, 0.4) is 0 Å². The number of aliphatic hydroxyl groups excluding tert-OH is 2. The van der Waals surface area contributed by atoms with Crippen molar-refractivity contribution in [3.05, 3.63) is 32.1 Å². The number of hydrogen-bond donors (Lipinski definition) is 4. The topological polar surface area (TPSA) is 109 Å². The lowest BCUT2D eigenvalue weighted by Crippen LogP contribution is -2.30. The van der Waals surface area contributed by atoms with E-state index in [1.165, 1.54) is 0 Å². The zero-order valence-corrected chi connectivity index (χ0v) is 10.1. The van der Waals surface area contributed by atoms with Crippen LogP contribution in [0.5, 0.6) is 0 Å². The van der Waals surface area contributed by atoms with Crippen LogP contribution >= 0.6 is 0 Å². The molecule has 7 heteroatoms. The van der Waals surface area contributed by atoms with Crippen molar-refractivity contribution in [2.24, 2.45) is 5.92 Å². The van der Waals surface area contributed by atoms with Gasteiger partial charge in [0.2, 0.25) is 0 Å². The predicted molar refractivity (Wildman–Crippen MR) is 64.3 cm³/mol. The largest absolute Gasteiger partial charge is 0.396 e. The van der Waals surface area contributed by atoms with Crippen molar-refractivity contribution >= 4 is 0 Å². The Hall–Kier alpha value is -1.44. The second-order valence-electron chi connectivity index (χ2n) is 4.72. The van der Waals surface area contributed by atoms with E-state index in [0.29, 0.717) is 30.9 Å². The summed E-state index contributed by atoms with van der Waals surface area (Å²) in [5.74, 6) is -0.168. The van der Waals surface area contributed by atoms with E-state index in [1.54, 1.807) is 6.92 Å². The van der Waals surface area contributed by atoms with Crippen molar-refractivity contribution < 1.29 is 10.2 Å². The van der Waals surface area contributed by atoms with Crippen LogP contribution in [-0.4, -0.2) is 50.9 Å². The summed E-state index contributed by atoms with van der Waals surface area (Å²) in [6.07, 6.45) is -0.566. The molecule has 4 N–H and O–H groups in total. The number of likely N-dealkylation sites (tertiary alicyclic amines) is 1. The summed E-state index contributed by atoms with van der Waals surface area (Å²) in [6, 6.07) is 0. The van der Waals surface area contributed by atoms with E-state index < -0.39 is 17.4 Å². The summed E-state index contributed by atoms with van der Waals surface area (Å²) in [7, 11) is 0. The van der Waals surface area contributed by atoms with Gasteiger partial charge in [-0.1, -0.05) is 0 Å². The quantitative estimate of drug-likeness (QED) is 0.507. The minimum atomic E-state index is -0.566. The lowest BCUT2D eigenvalue weighted by Gasteiger charge is -2.15. The third-order valence-corrected chi connectivity index (χ3v) is 3.38.